The van der Waals surface area contributed by atoms with Gasteiger partial charge in [-0.15, -0.1) is 0 Å². The molecule has 1 rings (SSSR count). The van der Waals surface area contributed by atoms with Gasteiger partial charge < -0.3 is 4.74 Å². The van der Waals surface area contributed by atoms with Gasteiger partial charge in [-0.2, -0.15) is 0 Å². The standard InChI is InChI=1S/C8H7Br2NO2/c1-13-8(12)6(10)7-5(9)3-2-4-11-7/h2-4,6H,1H3. The summed E-state index contributed by atoms with van der Waals surface area (Å²) in [5, 5.41) is 0. The number of carbonyl (C=O) groups excluding carboxylic acids is 1. The molecular formula is C8H7Br2NO2. The fourth-order valence-electron chi connectivity index (χ4n) is 0.799. The van der Waals surface area contributed by atoms with E-state index in [1.54, 1.807) is 12.3 Å². The smallest absolute Gasteiger partial charge is 0.325 e. The highest BCUT2D eigenvalue weighted by Crippen LogP contribution is 2.28. The Hall–Kier alpha value is -0.420. The van der Waals surface area contributed by atoms with Crippen LogP contribution in [0, 0.1) is 0 Å². The van der Waals surface area contributed by atoms with E-state index in [9.17, 15) is 4.79 Å². The molecule has 3 nitrogen and oxygen atoms in total. The molecule has 70 valence electrons. The van der Waals surface area contributed by atoms with Crippen molar-refractivity contribution in [3.05, 3.63) is 28.5 Å². The topological polar surface area (TPSA) is 39.2 Å². The van der Waals surface area contributed by atoms with E-state index in [0.29, 0.717) is 5.69 Å². The van der Waals surface area contributed by atoms with Crippen LogP contribution in [-0.4, -0.2) is 18.1 Å². The van der Waals surface area contributed by atoms with Gasteiger partial charge >= 0.3 is 5.97 Å². The van der Waals surface area contributed by atoms with Crippen LogP contribution in [0.3, 0.4) is 0 Å². The predicted molar refractivity (Wildman–Crippen MR) is 55.6 cm³/mol. The van der Waals surface area contributed by atoms with E-state index in [4.69, 9.17) is 0 Å². The molecular weight excluding hydrogens is 302 g/mol. The Balaban J connectivity index is 2.95. The number of ether oxygens (including phenoxy) is 1. The van der Waals surface area contributed by atoms with Crippen molar-refractivity contribution in [2.75, 3.05) is 7.11 Å². The van der Waals surface area contributed by atoms with Crippen molar-refractivity contribution in [3.8, 4) is 0 Å². The molecule has 0 amide bonds. The first-order chi connectivity index (χ1) is 6.16. The van der Waals surface area contributed by atoms with E-state index < -0.39 is 4.83 Å². The molecule has 1 unspecified atom stereocenters. The number of carbonyl (C=O) groups is 1. The molecule has 0 spiro atoms. The number of hydrogen-bond donors (Lipinski definition) is 0. The number of esters is 1. The van der Waals surface area contributed by atoms with Crippen LogP contribution >= 0.6 is 31.9 Å². The van der Waals surface area contributed by atoms with Gasteiger partial charge in [0.05, 0.1) is 12.8 Å². The van der Waals surface area contributed by atoms with Crippen LogP contribution in [0.4, 0.5) is 0 Å². The lowest BCUT2D eigenvalue weighted by molar-refractivity contribution is -0.140. The fraction of sp³-hybridized carbons (Fsp3) is 0.250. The molecule has 0 aliphatic rings. The molecule has 0 N–H and O–H groups in total. The molecule has 0 aliphatic carbocycles. The summed E-state index contributed by atoms with van der Waals surface area (Å²) in [6, 6.07) is 3.60. The van der Waals surface area contributed by atoms with Gasteiger partial charge in [-0.3, -0.25) is 9.78 Å². The van der Waals surface area contributed by atoms with Gasteiger partial charge in [0.15, 0.2) is 4.83 Å². The van der Waals surface area contributed by atoms with Crippen LogP contribution in [0.15, 0.2) is 22.8 Å². The van der Waals surface area contributed by atoms with E-state index >= 15 is 0 Å². The second-order valence-corrected chi connectivity index (χ2v) is 4.03. The van der Waals surface area contributed by atoms with Gasteiger partial charge in [0.2, 0.25) is 0 Å². The Bertz CT molecular complexity index is 317. The Kier molecular flexibility index (Phi) is 3.87. The lowest BCUT2D eigenvalue weighted by Gasteiger charge is -2.07. The monoisotopic (exact) mass is 307 g/mol. The van der Waals surface area contributed by atoms with E-state index in [1.807, 2.05) is 6.07 Å². The summed E-state index contributed by atoms with van der Waals surface area (Å²) in [5.74, 6) is -0.362. The predicted octanol–water partition coefficient (Wildman–Crippen LogP) is 2.45. The Labute approximate surface area is 92.8 Å². The summed E-state index contributed by atoms with van der Waals surface area (Å²) in [4.78, 5) is 14.7. The molecule has 0 saturated carbocycles. The Morgan fingerprint density at radius 1 is 1.69 bits per heavy atom. The van der Waals surface area contributed by atoms with Crippen LogP contribution in [0.25, 0.3) is 0 Å². The second kappa shape index (κ2) is 4.72. The van der Waals surface area contributed by atoms with Gasteiger partial charge in [-0.05, 0) is 28.1 Å². The lowest BCUT2D eigenvalue weighted by Crippen LogP contribution is -2.10. The summed E-state index contributed by atoms with van der Waals surface area (Å²) in [6.45, 7) is 0. The molecule has 0 bridgehead atoms. The highest BCUT2D eigenvalue weighted by molar-refractivity contribution is 9.11. The van der Waals surface area contributed by atoms with Gasteiger partial charge in [-0.1, -0.05) is 15.9 Å². The molecule has 5 heteroatoms. The average molecular weight is 309 g/mol. The largest absolute Gasteiger partial charge is 0.468 e. The van der Waals surface area contributed by atoms with Gasteiger partial charge in [0.1, 0.15) is 0 Å². The summed E-state index contributed by atoms with van der Waals surface area (Å²) in [6.07, 6.45) is 1.62. The Morgan fingerprint density at radius 2 is 2.38 bits per heavy atom. The van der Waals surface area contributed by atoms with Crippen LogP contribution in [0.2, 0.25) is 0 Å². The van der Waals surface area contributed by atoms with Crippen molar-refractivity contribution >= 4 is 37.8 Å². The van der Waals surface area contributed by atoms with E-state index in [2.05, 4.69) is 41.6 Å². The van der Waals surface area contributed by atoms with E-state index in [0.717, 1.165) is 4.47 Å². The number of rotatable bonds is 2. The molecule has 0 aliphatic heterocycles. The molecule has 1 aromatic heterocycles. The molecule has 0 aromatic carbocycles. The third-order valence-corrected chi connectivity index (χ3v) is 2.91. The van der Waals surface area contributed by atoms with Gasteiger partial charge in [-0.25, -0.2) is 0 Å². The van der Waals surface area contributed by atoms with Crippen LogP contribution in [-0.2, 0) is 9.53 Å². The number of pyridine rings is 1. The fourth-order valence-corrected chi connectivity index (χ4v) is 2.14. The third-order valence-electron chi connectivity index (χ3n) is 1.44. The first kappa shape index (κ1) is 10.7. The molecule has 1 aromatic rings. The number of nitrogens with zero attached hydrogens (tertiary/aromatic N) is 1. The third kappa shape index (κ3) is 2.51. The highest BCUT2D eigenvalue weighted by atomic mass is 79.9. The molecule has 0 fully saturated rings. The normalized spacial score (nSPS) is 12.2. The zero-order valence-electron chi connectivity index (χ0n) is 6.83. The molecule has 1 heterocycles. The zero-order valence-corrected chi connectivity index (χ0v) is 10.0. The SMILES string of the molecule is COC(=O)C(Br)c1ncccc1Br. The molecule has 1 atom stereocenters. The first-order valence-corrected chi connectivity index (χ1v) is 5.20. The Morgan fingerprint density at radius 3 is 2.92 bits per heavy atom. The quantitative estimate of drug-likeness (QED) is 0.622. The van der Waals surface area contributed by atoms with Gasteiger partial charge in [0.25, 0.3) is 0 Å². The maximum absolute atomic E-state index is 11.1. The minimum Gasteiger partial charge on any atom is -0.468 e. The van der Waals surface area contributed by atoms with E-state index in [-0.39, 0.29) is 5.97 Å². The van der Waals surface area contributed by atoms with Crippen molar-refractivity contribution < 1.29 is 9.53 Å². The number of methoxy groups -OCH3 is 1. The number of hydrogen-bond acceptors (Lipinski definition) is 3. The minimum atomic E-state index is -0.520. The minimum absolute atomic E-state index is 0.362. The van der Waals surface area contributed by atoms with Crippen molar-refractivity contribution in [1.82, 2.24) is 4.98 Å². The zero-order chi connectivity index (χ0) is 9.84. The van der Waals surface area contributed by atoms with E-state index in [1.165, 1.54) is 7.11 Å². The average Bonchev–Trinajstić information content (AvgIpc) is 2.16. The lowest BCUT2D eigenvalue weighted by atomic mass is 10.3. The molecule has 13 heavy (non-hydrogen) atoms. The van der Waals surface area contributed by atoms with Crippen molar-refractivity contribution in [1.29, 1.82) is 0 Å². The molecule has 0 radical (unpaired) electrons. The summed E-state index contributed by atoms with van der Waals surface area (Å²) in [7, 11) is 1.34. The number of alkyl halides is 1. The maximum Gasteiger partial charge on any atom is 0.325 e. The van der Waals surface area contributed by atoms with Crippen LogP contribution in [0.5, 0.6) is 0 Å². The summed E-state index contributed by atoms with van der Waals surface area (Å²) < 4.78 is 5.35. The van der Waals surface area contributed by atoms with Crippen molar-refractivity contribution in [3.63, 3.8) is 0 Å². The van der Waals surface area contributed by atoms with Crippen LogP contribution < -0.4 is 0 Å². The maximum atomic E-state index is 11.1. The van der Waals surface area contributed by atoms with Gasteiger partial charge in [0, 0.05) is 10.7 Å². The number of halogens is 2. The summed E-state index contributed by atoms with van der Waals surface area (Å²) >= 11 is 6.49. The highest BCUT2D eigenvalue weighted by Gasteiger charge is 2.20. The summed E-state index contributed by atoms with van der Waals surface area (Å²) in [5.41, 5.74) is 0.620. The van der Waals surface area contributed by atoms with Crippen molar-refractivity contribution in [2.24, 2.45) is 0 Å². The second-order valence-electron chi connectivity index (χ2n) is 2.26. The van der Waals surface area contributed by atoms with Crippen LogP contribution in [0.1, 0.15) is 10.5 Å². The van der Waals surface area contributed by atoms with Crippen molar-refractivity contribution in [2.45, 2.75) is 4.83 Å². The number of aromatic nitrogens is 1. The molecule has 0 saturated heterocycles. The first-order valence-electron chi connectivity index (χ1n) is 3.49.